The Bertz CT molecular complexity index is 1340. The normalized spacial score (nSPS) is 18.7. The van der Waals surface area contributed by atoms with Gasteiger partial charge in [0, 0.05) is 17.0 Å². The van der Waals surface area contributed by atoms with Crippen molar-refractivity contribution in [2.24, 2.45) is 11.7 Å². The third-order valence-electron chi connectivity index (χ3n) is 6.51. The van der Waals surface area contributed by atoms with Crippen LogP contribution in [0.1, 0.15) is 67.5 Å². The SMILES string of the molecule is CCOC(=O)[C@@H]1CCCC[C@H]1NC(=O)c1nc(-c2ccc(OC)c3nc(C(F)(F)F)ccc23)oc1[C@H](C)N. The number of nitrogens with two attached hydrogens (primary N) is 1. The minimum Gasteiger partial charge on any atom is -0.494 e. The Balaban J connectivity index is 1.72. The van der Waals surface area contributed by atoms with Crippen LogP contribution in [0.2, 0.25) is 0 Å². The summed E-state index contributed by atoms with van der Waals surface area (Å²) in [6, 6.07) is 3.96. The van der Waals surface area contributed by atoms with Crippen LogP contribution in [0.15, 0.2) is 28.7 Å². The van der Waals surface area contributed by atoms with Crippen molar-refractivity contribution in [3.8, 4) is 17.2 Å². The van der Waals surface area contributed by atoms with Crippen molar-refractivity contribution in [3.63, 3.8) is 0 Å². The second kappa shape index (κ2) is 11.0. The van der Waals surface area contributed by atoms with E-state index in [2.05, 4.69) is 15.3 Å². The van der Waals surface area contributed by atoms with Gasteiger partial charge in [0.2, 0.25) is 5.89 Å². The lowest BCUT2D eigenvalue weighted by Crippen LogP contribution is -2.46. The molecule has 2 heterocycles. The molecule has 1 fully saturated rings. The van der Waals surface area contributed by atoms with E-state index in [9.17, 15) is 22.8 Å². The molecule has 0 radical (unpaired) electrons. The van der Waals surface area contributed by atoms with E-state index in [0.29, 0.717) is 18.4 Å². The first kappa shape index (κ1) is 27.4. The van der Waals surface area contributed by atoms with Crippen molar-refractivity contribution in [1.82, 2.24) is 15.3 Å². The van der Waals surface area contributed by atoms with E-state index < -0.39 is 35.8 Å². The van der Waals surface area contributed by atoms with Gasteiger partial charge in [-0.05, 0) is 51.0 Å². The predicted molar refractivity (Wildman–Crippen MR) is 131 cm³/mol. The molecule has 1 saturated carbocycles. The van der Waals surface area contributed by atoms with Crippen molar-refractivity contribution in [3.05, 3.63) is 41.4 Å². The standard InChI is InChI=1S/C26H29F3N4O5/c1-4-37-25(35)16-7-5-6-8-17(16)31-23(34)21-22(13(2)30)38-24(33-21)15-9-11-18(36-3)20-14(15)10-12-19(32-20)26(27,28)29/h9-13,16-17H,4-8,30H2,1-3H3,(H,31,34)/t13-,16+,17+/m0/s1. The number of halogens is 3. The fraction of sp³-hybridized carbons (Fsp3) is 0.462. The number of alkyl halides is 3. The highest BCUT2D eigenvalue weighted by atomic mass is 19.4. The van der Waals surface area contributed by atoms with Gasteiger partial charge in [0.05, 0.1) is 25.7 Å². The van der Waals surface area contributed by atoms with Crippen LogP contribution >= 0.6 is 0 Å². The van der Waals surface area contributed by atoms with Gasteiger partial charge in [0.25, 0.3) is 5.91 Å². The molecule has 3 aromatic rings. The number of hydrogen-bond donors (Lipinski definition) is 2. The first-order valence-electron chi connectivity index (χ1n) is 12.3. The fourth-order valence-electron chi connectivity index (χ4n) is 4.69. The Morgan fingerprint density at radius 3 is 2.58 bits per heavy atom. The van der Waals surface area contributed by atoms with Crippen molar-refractivity contribution >= 4 is 22.8 Å². The highest BCUT2D eigenvalue weighted by molar-refractivity contribution is 5.98. The Hall–Kier alpha value is -3.67. The van der Waals surface area contributed by atoms with Crippen molar-refractivity contribution in [2.45, 2.75) is 57.8 Å². The number of nitrogens with zero attached hydrogens (tertiary/aromatic N) is 2. The van der Waals surface area contributed by atoms with Gasteiger partial charge >= 0.3 is 12.1 Å². The van der Waals surface area contributed by atoms with Gasteiger partial charge in [-0.2, -0.15) is 13.2 Å². The molecule has 0 unspecified atom stereocenters. The molecule has 0 aliphatic heterocycles. The van der Waals surface area contributed by atoms with Crippen LogP contribution < -0.4 is 15.8 Å². The molecule has 2 aromatic heterocycles. The van der Waals surface area contributed by atoms with Gasteiger partial charge in [-0.3, -0.25) is 9.59 Å². The number of carbonyl (C=O) groups excluding carboxylic acids is 2. The van der Waals surface area contributed by atoms with E-state index in [1.165, 1.54) is 19.2 Å². The minimum atomic E-state index is -4.65. The van der Waals surface area contributed by atoms with Gasteiger partial charge in [-0.1, -0.05) is 12.8 Å². The summed E-state index contributed by atoms with van der Waals surface area (Å²) in [6.07, 6.45) is -1.76. The lowest BCUT2D eigenvalue weighted by molar-refractivity contribution is -0.150. The first-order valence-corrected chi connectivity index (χ1v) is 12.3. The van der Waals surface area contributed by atoms with Gasteiger partial charge in [0.15, 0.2) is 11.5 Å². The molecule has 3 N–H and O–H groups in total. The van der Waals surface area contributed by atoms with Crippen LogP contribution in [0.3, 0.4) is 0 Å². The second-order valence-electron chi connectivity index (χ2n) is 9.15. The molecule has 1 aliphatic carbocycles. The first-order chi connectivity index (χ1) is 18.0. The van der Waals surface area contributed by atoms with Crippen LogP contribution in [0.4, 0.5) is 13.2 Å². The maximum atomic E-state index is 13.3. The lowest BCUT2D eigenvalue weighted by Gasteiger charge is -2.30. The van der Waals surface area contributed by atoms with Crippen LogP contribution in [0.5, 0.6) is 5.75 Å². The Kier molecular flexibility index (Phi) is 7.91. The summed E-state index contributed by atoms with van der Waals surface area (Å²) in [6.45, 7) is 3.58. The highest BCUT2D eigenvalue weighted by Crippen LogP contribution is 2.37. The zero-order valence-corrected chi connectivity index (χ0v) is 21.2. The number of amides is 1. The van der Waals surface area contributed by atoms with Crippen LogP contribution in [-0.4, -0.2) is 41.6 Å². The molecule has 1 aliphatic rings. The van der Waals surface area contributed by atoms with E-state index >= 15 is 0 Å². The fourth-order valence-corrected chi connectivity index (χ4v) is 4.69. The highest BCUT2D eigenvalue weighted by Gasteiger charge is 2.36. The van der Waals surface area contributed by atoms with Crippen LogP contribution in [0, 0.1) is 5.92 Å². The lowest BCUT2D eigenvalue weighted by atomic mass is 9.84. The number of benzene rings is 1. The largest absolute Gasteiger partial charge is 0.494 e. The maximum absolute atomic E-state index is 13.3. The Morgan fingerprint density at radius 2 is 1.92 bits per heavy atom. The number of pyridine rings is 1. The predicted octanol–water partition coefficient (Wildman–Crippen LogP) is 4.79. The van der Waals surface area contributed by atoms with Gasteiger partial charge in [-0.15, -0.1) is 0 Å². The van der Waals surface area contributed by atoms with Crippen molar-refractivity contribution in [1.29, 1.82) is 0 Å². The number of hydrogen-bond acceptors (Lipinski definition) is 8. The average molecular weight is 535 g/mol. The summed E-state index contributed by atoms with van der Waals surface area (Å²) >= 11 is 0. The number of esters is 1. The number of rotatable bonds is 7. The number of oxazole rings is 1. The number of ether oxygens (including phenoxy) is 2. The molecule has 4 rings (SSSR count). The molecule has 204 valence electrons. The van der Waals surface area contributed by atoms with Crippen LogP contribution in [-0.2, 0) is 15.7 Å². The van der Waals surface area contributed by atoms with Crippen molar-refractivity contribution in [2.75, 3.05) is 13.7 Å². The molecule has 0 spiro atoms. The molecule has 9 nitrogen and oxygen atoms in total. The second-order valence-corrected chi connectivity index (χ2v) is 9.15. The molecule has 0 bridgehead atoms. The molecule has 0 saturated heterocycles. The zero-order valence-electron chi connectivity index (χ0n) is 21.2. The minimum absolute atomic E-state index is 0.0118. The van der Waals surface area contributed by atoms with E-state index in [1.54, 1.807) is 19.9 Å². The number of carbonyl (C=O) groups is 2. The molecule has 38 heavy (non-hydrogen) atoms. The van der Waals surface area contributed by atoms with Crippen LogP contribution in [0.25, 0.3) is 22.4 Å². The molecule has 3 atom stereocenters. The smallest absolute Gasteiger partial charge is 0.433 e. The number of fused-ring (bicyclic) bond motifs is 1. The van der Waals surface area contributed by atoms with E-state index in [0.717, 1.165) is 18.9 Å². The van der Waals surface area contributed by atoms with Crippen molar-refractivity contribution < 1.29 is 36.7 Å². The molecule has 1 amide bonds. The molecule has 12 heteroatoms. The topological polar surface area (TPSA) is 130 Å². The van der Waals surface area contributed by atoms with Gasteiger partial charge in [-0.25, -0.2) is 9.97 Å². The summed E-state index contributed by atoms with van der Waals surface area (Å²) < 4.78 is 56.2. The monoisotopic (exact) mass is 534 g/mol. The summed E-state index contributed by atoms with van der Waals surface area (Å²) in [5, 5.41) is 3.18. The quantitative estimate of drug-likeness (QED) is 0.414. The summed E-state index contributed by atoms with van der Waals surface area (Å²) in [4.78, 5) is 33.9. The number of methoxy groups -OCH3 is 1. The number of aromatic nitrogens is 2. The third kappa shape index (κ3) is 5.45. The Labute approximate surface area is 216 Å². The van der Waals surface area contributed by atoms with E-state index in [1.807, 2.05) is 0 Å². The molecular weight excluding hydrogens is 505 g/mol. The summed E-state index contributed by atoms with van der Waals surface area (Å²) in [7, 11) is 1.33. The van der Waals surface area contributed by atoms with E-state index in [-0.39, 0.29) is 46.6 Å². The summed E-state index contributed by atoms with van der Waals surface area (Å²) in [5.74, 6) is -1.18. The van der Waals surface area contributed by atoms with Gasteiger partial charge < -0.3 is 24.9 Å². The number of nitrogens with one attached hydrogen (secondary N) is 1. The molecular formula is C26H29F3N4O5. The third-order valence-corrected chi connectivity index (χ3v) is 6.51. The van der Waals surface area contributed by atoms with E-state index in [4.69, 9.17) is 19.6 Å². The molecule has 1 aromatic carbocycles. The Morgan fingerprint density at radius 1 is 1.18 bits per heavy atom. The maximum Gasteiger partial charge on any atom is 0.433 e. The summed E-state index contributed by atoms with van der Waals surface area (Å²) in [5.41, 5.74) is 5.21. The zero-order chi connectivity index (χ0) is 27.6. The van der Waals surface area contributed by atoms with Gasteiger partial charge in [0.1, 0.15) is 17.0 Å². The average Bonchev–Trinajstić information content (AvgIpc) is 3.33.